The fraction of sp³-hybridized carbons (Fsp3) is 0.0164. The molecule has 0 saturated heterocycles. The maximum absolute atomic E-state index is 2.50. The summed E-state index contributed by atoms with van der Waals surface area (Å²) in [4.78, 5) is 4.88. The van der Waals surface area contributed by atoms with Crippen LogP contribution in [0.5, 0.6) is 0 Å². The Kier molecular flexibility index (Phi) is 7.85. The molecule has 10 aromatic rings. The molecule has 63 heavy (non-hydrogen) atoms. The van der Waals surface area contributed by atoms with Gasteiger partial charge in [-0.2, -0.15) is 0 Å². The fourth-order valence-electron chi connectivity index (χ4n) is 11.1. The Morgan fingerprint density at radius 3 is 1.25 bits per heavy atom. The Bertz CT molecular complexity index is 3350. The van der Waals surface area contributed by atoms with Crippen LogP contribution in [0.2, 0.25) is 0 Å². The van der Waals surface area contributed by atoms with Crippen molar-refractivity contribution >= 4 is 34.1 Å². The van der Waals surface area contributed by atoms with Crippen LogP contribution in [0, 0.1) is 0 Å². The lowest BCUT2D eigenvalue weighted by Gasteiger charge is -2.36. The lowest BCUT2D eigenvalue weighted by molar-refractivity contribution is 0.775. The van der Waals surface area contributed by atoms with Crippen molar-refractivity contribution in [1.29, 1.82) is 0 Å². The van der Waals surface area contributed by atoms with Gasteiger partial charge in [0.15, 0.2) is 0 Å². The zero-order valence-electron chi connectivity index (χ0n) is 34.5. The number of nitrogens with zero attached hydrogens (tertiary/aromatic N) is 2. The van der Waals surface area contributed by atoms with Crippen LogP contribution < -0.4 is 9.80 Å². The molecule has 294 valence electrons. The molecule has 1 spiro atoms. The third kappa shape index (κ3) is 5.13. The van der Waals surface area contributed by atoms with Crippen molar-refractivity contribution in [3.8, 4) is 55.6 Å². The third-order valence-corrected chi connectivity index (χ3v) is 13.6. The van der Waals surface area contributed by atoms with Gasteiger partial charge in [0.2, 0.25) is 0 Å². The van der Waals surface area contributed by atoms with E-state index in [9.17, 15) is 0 Å². The highest BCUT2D eigenvalue weighted by atomic mass is 15.2. The SMILES string of the molecule is c1ccc(N(c2ccc3c(c2)-c2ccccc2-c2ccccc2N3c2ccccc2)c2ccc3c(c2)C2(c4ccccc4-c4ccccc4-c4ccccc42)c2ccccc2-3)cc1. The molecule has 2 heteroatoms. The van der Waals surface area contributed by atoms with E-state index < -0.39 is 5.41 Å². The van der Waals surface area contributed by atoms with Crippen LogP contribution in [0.25, 0.3) is 55.6 Å². The first kappa shape index (κ1) is 35.5. The van der Waals surface area contributed by atoms with Gasteiger partial charge in [-0.1, -0.05) is 182 Å². The zero-order valence-corrected chi connectivity index (χ0v) is 34.5. The minimum atomic E-state index is -0.578. The molecular formula is C61H40N2. The lowest BCUT2D eigenvalue weighted by atomic mass is 9.66. The molecule has 13 rings (SSSR count). The number of hydrogen-bond acceptors (Lipinski definition) is 2. The molecule has 0 fully saturated rings. The lowest BCUT2D eigenvalue weighted by Crippen LogP contribution is -2.29. The van der Waals surface area contributed by atoms with Crippen LogP contribution >= 0.6 is 0 Å². The highest BCUT2D eigenvalue weighted by molar-refractivity contribution is 6.04. The predicted octanol–water partition coefficient (Wildman–Crippen LogP) is 16.3. The van der Waals surface area contributed by atoms with E-state index in [1.54, 1.807) is 0 Å². The first-order valence-electron chi connectivity index (χ1n) is 21.9. The standard InChI is InChI=1S/C61H40N2/c1-3-19-41(20-4-1)62(43-36-38-60-54(39-43)48-26-10-9-25-47(48)53-30-14-18-34-59(53)63(60)42-21-5-2-6-22-42)44-35-37-52-51-29-13-17-33-57(51)61(58(52)40-44)55-31-15-11-27-49(55)45-23-7-8-24-46(45)50-28-12-16-32-56(50)61/h1-40H. The monoisotopic (exact) mass is 800 g/mol. The largest absolute Gasteiger partial charge is 0.310 e. The first-order chi connectivity index (χ1) is 31.3. The molecule has 0 saturated carbocycles. The fourth-order valence-corrected chi connectivity index (χ4v) is 11.1. The molecule has 0 bridgehead atoms. The maximum Gasteiger partial charge on any atom is 0.0726 e. The van der Waals surface area contributed by atoms with Crippen LogP contribution in [0.3, 0.4) is 0 Å². The van der Waals surface area contributed by atoms with Gasteiger partial charge in [0.25, 0.3) is 0 Å². The summed E-state index contributed by atoms with van der Waals surface area (Å²) in [6.45, 7) is 0. The molecule has 0 atom stereocenters. The number of para-hydroxylation sites is 3. The molecule has 0 aromatic heterocycles. The first-order valence-corrected chi connectivity index (χ1v) is 21.9. The van der Waals surface area contributed by atoms with Crippen molar-refractivity contribution in [3.05, 3.63) is 265 Å². The summed E-state index contributed by atoms with van der Waals surface area (Å²) in [6.07, 6.45) is 0. The van der Waals surface area contributed by atoms with E-state index in [2.05, 4.69) is 252 Å². The molecule has 1 heterocycles. The van der Waals surface area contributed by atoms with Crippen LogP contribution in [0.4, 0.5) is 34.1 Å². The second-order valence-corrected chi connectivity index (χ2v) is 16.8. The summed E-state index contributed by atoms with van der Waals surface area (Å²) in [5.74, 6) is 0. The predicted molar refractivity (Wildman–Crippen MR) is 262 cm³/mol. The molecule has 0 unspecified atom stereocenters. The van der Waals surface area contributed by atoms with Crippen molar-refractivity contribution < 1.29 is 0 Å². The second-order valence-electron chi connectivity index (χ2n) is 16.8. The summed E-state index contributed by atoms with van der Waals surface area (Å²) in [5.41, 5.74) is 23.8. The van der Waals surface area contributed by atoms with Crippen LogP contribution in [-0.2, 0) is 5.41 Å². The number of rotatable bonds is 4. The maximum atomic E-state index is 2.50. The van der Waals surface area contributed by atoms with Gasteiger partial charge >= 0.3 is 0 Å². The summed E-state index contributed by atoms with van der Waals surface area (Å²) >= 11 is 0. The minimum absolute atomic E-state index is 0.578. The van der Waals surface area contributed by atoms with E-state index in [4.69, 9.17) is 0 Å². The van der Waals surface area contributed by atoms with Crippen molar-refractivity contribution in [2.45, 2.75) is 5.41 Å². The Balaban J connectivity index is 1.08. The molecule has 10 aromatic carbocycles. The van der Waals surface area contributed by atoms with Gasteiger partial charge in [-0.25, -0.2) is 0 Å². The Morgan fingerprint density at radius 1 is 0.254 bits per heavy atom. The molecule has 0 amide bonds. The third-order valence-electron chi connectivity index (χ3n) is 13.6. The molecule has 3 aliphatic rings. The number of anilines is 6. The second kappa shape index (κ2) is 13.9. The average molecular weight is 801 g/mol. The highest BCUT2D eigenvalue weighted by Gasteiger charge is 2.50. The van der Waals surface area contributed by atoms with Gasteiger partial charge in [0.05, 0.1) is 16.8 Å². The minimum Gasteiger partial charge on any atom is -0.310 e. The highest BCUT2D eigenvalue weighted by Crippen LogP contribution is 2.62. The summed E-state index contributed by atoms with van der Waals surface area (Å²) in [5, 5.41) is 0. The molecule has 2 nitrogen and oxygen atoms in total. The van der Waals surface area contributed by atoms with E-state index in [0.29, 0.717) is 0 Å². The van der Waals surface area contributed by atoms with E-state index in [1.165, 1.54) is 77.9 Å². The number of fused-ring (bicyclic) bond motifs is 17. The zero-order chi connectivity index (χ0) is 41.5. The summed E-state index contributed by atoms with van der Waals surface area (Å²) in [6, 6.07) is 89.9. The van der Waals surface area contributed by atoms with E-state index in [0.717, 1.165) is 34.1 Å². The van der Waals surface area contributed by atoms with Crippen LogP contribution in [-0.4, -0.2) is 0 Å². The molecule has 1 aliphatic heterocycles. The van der Waals surface area contributed by atoms with Gasteiger partial charge in [-0.15, -0.1) is 0 Å². The van der Waals surface area contributed by atoms with E-state index in [1.807, 2.05) is 0 Å². The van der Waals surface area contributed by atoms with Gasteiger partial charge in [0.1, 0.15) is 0 Å². The molecule has 2 aliphatic carbocycles. The number of benzene rings is 10. The van der Waals surface area contributed by atoms with Gasteiger partial charge in [-0.05, 0) is 127 Å². The Labute approximate surface area is 368 Å². The molecular weight excluding hydrogens is 761 g/mol. The van der Waals surface area contributed by atoms with Crippen LogP contribution in [0.15, 0.2) is 243 Å². The smallest absolute Gasteiger partial charge is 0.0726 e. The van der Waals surface area contributed by atoms with Crippen molar-refractivity contribution in [1.82, 2.24) is 0 Å². The quantitative estimate of drug-likeness (QED) is 0.175. The Hall–Kier alpha value is -8.20. The number of hydrogen-bond donors (Lipinski definition) is 0. The van der Waals surface area contributed by atoms with Crippen molar-refractivity contribution in [2.75, 3.05) is 9.80 Å². The molecule has 0 N–H and O–H groups in total. The average Bonchev–Trinajstić information content (AvgIpc) is 3.51. The topological polar surface area (TPSA) is 6.48 Å². The summed E-state index contributed by atoms with van der Waals surface area (Å²) < 4.78 is 0. The van der Waals surface area contributed by atoms with Crippen LogP contribution in [0.1, 0.15) is 22.3 Å². The Morgan fingerprint density at radius 2 is 0.651 bits per heavy atom. The molecule has 0 radical (unpaired) electrons. The van der Waals surface area contributed by atoms with Gasteiger partial charge in [0, 0.05) is 33.9 Å². The van der Waals surface area contributed by atoms with Gasteiger partial charge in [-0.3, -0.25) is 0 Å². The van der Waals surface area contributed by atoms with Crippen molar-refractivity contribution in [3.63, 3.8) is 0 Å². The van der Waals surface area contributed by atoms with Crippen molar-refractivity contribution in [2.24, 2.45) is 0 Å². The van der Waals surface area contributed by atoms with Gasteiger partial charge < -0.3 is 9.80 Å². The van der Waals surface area contributed by atoms with E-state index >= 15 is 0 Å². The summed E-state index contributed by atoms with van der Waals surface area (Å²) in [7, 11) is 0. The van der Waals surface area contributed by atoms with E-state index in [-0.39, 0.29) is 0 Å². The normalized spacial score (nSPS) is 13.2.